The Balaban J connectivity index is 2.24. The summed E-state index contributed by atoms with van der Waals surface area (Å²) in [5.41, 5.74) is 12.8. The average Bonchev–Trinajstić information content (AvgIpc) is 2.69. The van der Waals surface area contributed by atoms with E-state index < -0.39 is 0 Å². The molecule has 3 rings (SSSR count). The van der Waals surface area contributed by atoms with Gasteiger partial charge >= 0.3 is 0 Å². The van der Waals surface area contributed by atoms with Crippen molar-refractivity contribution in [1.29, 1.82) is 0 Å². The van der Waals surface area contributed by atoms with Crippen molar-refractivity contribution in [2.24, 2.45) is 0 Å². The van der Waals surface area contributed by atoms with Gasteiger partial charge in [-0.25, -0.2) is 4.98 Å². The number of hydrogen-bond donors (Lipinski definition) is 1. The molecule has 0 fully saturated rings. The summed E-state index contributed by atoms with van der Waals surface area (Å²) in [5, 5.41) is 1.08. The number of thiazole rings is 1. The summed E-state index contributed by atoms with van der Waals surface area (Å²) in [7, 11) is 0. The number of hydrogen-bond acceptors (Lipinski definition) is 3. The summed E-state index contributed by atoms with van der Waals surface area (Å²) in [5.74, 6) is 0. The molecule has 19 heavy (non-hydrogen) atoms. The van der Waals surface area contributed by atoms with Gasteiger partial charge in [-0.1, -0.05) is 17.7 Å². The van der Waals surface area contributed by atoms with Crippen molar-refractivity contribution in [2.45, 2.75) is 20.8 Å². The normalized spacial score (nSPS) is 11.1. The maximum atomic E-state index is 5.83. The molecule has 3 aromatic rings. The van der Waals surface area contributed by atoms with Gasteiger partial charge in [0.25, 0.3) is 0 Å². The highest BCUT2D eigenvalue weighted by Crippen LogP contribution is 2.35. The van der Waals surface area contributed by atoms with Crippen molar-refractivity contribution < 1.29 is 0 Å². The van der Waals surface area contributed by atoms with Gasteiger partial charge in [-0.2, -0.15) is 0 Å². The van der Waals surface area contributed by atoms with Crippen LogP contribution in [0.4, 0.5) is 5.69 Å². The number of nitrogens with two attached hydrogens (primary N) is 1. The van der Waals surface area contributed by atoms with Gasteiger partial charge in [0.15, 0.2) is 0 Å². The number of aromatic nitrogens is 1. The van der Waals surface area contributed by atoms with E-state index in [2.05, 4.69) is 32.9 Å². The van der Waals surface area contributed by atoms with Gasteiger partial charge in [-0.3, -0.25) is 0 Å². The number of nitrogen functional groups attached to an aromatic ring is 1. The molecule has 0 amide bonds. The van der Waals surface area contributed by atoms with Crippen molar-refractivity contribution in [3.8, 4) is 10.6 Å². The number of nitrogens with zero attached hydrogens (tertiary/aromatic N) is 1. The van der Waals surface area contributed by atoms with Crippen LogP contribution in [0.2, 0.25) is 0 Å². The van der Waals surface area contributed by atoms with E-state index in [0.717, 1.165) is 20.9 Å². The molecule has 2 nitrogen and oxygen atoms in total. The molecule has 0 aliphatic carbocycles. The van der Waals surface area contributed by atoms with Crippen LogP contribution < -0.4 is 5.73 Å². The second-order valence-electron chi connectivity index (χ2n) is 5.02. The monoisotopic (exact) mass is 268 g/mol. The summed E-state index contributed by atoms with van der Waals surface area (Å²) >= 11 is 1.71. The van der Waals surface area contributed by atoms with Crippen molar-refractivity contribution >= 4 is 27.2 Å². The fourth-order valence-corrected chi connectivity index (χ4v) is 3.76. The van der Waals surface area contributed by atoms with E-state index in [4.69, 9.17) is 10.7 Å². The average molecular weight is 268 g/mol. The van der Waals surface area contributed by atoms with Crippen molar-refractivity contribution in [1.82, 2.24) is 4.98 Å². The zero-order valence-electron chi connectivity index (χ0n) is 11.3. The predicted molar refractivity (Wildman–Crippen MR) is 83.7 cm³/mol. The van der Waals surface area contributed by atoms with E-state index in [0.29, 0.717) is 0 Å². The molecule has 0 aliphatic heterocycles. The van der Waals surface area contributed by atoms with Crippen molar-refractivity contribution in [2.75, 3.05) is 5.73 Å². The van der Waals surface area contributed by atoms with Gasteiger partial charge in [0.05, 0.1) is 10.2 Å². The minimum absolute atomic E-state index is 0.792. The third-order valence-electron chi connectivity index (χ3n) is 3.30. The molecule has 96 valence electrons. The van der Waals surface area contributed by atoms with E-state index in [1.54, 1.807) is 11.3 Å². The van der Waals surface area contributed by atoms with Gasteiger partial charge in [-0.15, -0.1) is 11.3 Å². The molecule has 1 heterocycles. The number of benzene rings is 2. The van der Waals surface area contributed by atoms with Crippen LogP contribution in [0.25, 0.3) is 20.8 Å². The Morgan fingerprint density at radius 2 is 1.68 bits per heavy atom. The Morgan fingerprint density at radius 1 is 1.00 bits per heavy atom. The number of anilines is 1. The van der Waals surface area contributed by atoms with Gasteiger partial charge < -0.3 is 5.73 Å². The van der Waals surface area contributed by atoms with E-state index in [1.165, 1.54) is 22.3 Å². The molecule has 0 atom stereocenters. The lowest BCUT2D eigenvalue weighted by atomic mass is 10.0. The maximum Gasteiger partial charge on any atom is 0.125 e. The summed E-state index contributed by atoms with van der Waals surface area (Å²) in [6.07, 6.45) is 0. The Morgan fingerprint density at radius 3 is 2.37 bits per heavy atom. The zero-order valence-corrected chi connectivity index (χ0v) is 12.1. The van der Waals surface area contributed by atoms with Gasteiger partial charge in [-0.05, 0) is 50.1 Å². The van der Waals surface area contributed by atoms with Crippen LogP contribution in [0.15, 0.2) is 30.3 Å². The van der Waals surface area contributed by atoms with Crippen LogP contribution in [0.1, 0.15) is 16.7 Å². The Labute approximate surface area is 116 Å². The quantitative estimate of drug-likeness (QED) is 0.661. The summed E-state index contributed by atoms with van der Waals surface area (Å²) in [4.78, 5) is 4.74. The van der Waals surface area contributed by atoms with Crippen LogP contribution in [0.3, 0.4) is 0 Å². The first kappa shape index (κ1) is 12.2. The molecule has 1 aromatic heterocycles. The first-order valence-corrected chi connectivity index (χ1v) is 7.10. The van der Waals surface area contributed by atoms with Crippen LogP contribution in [-0.4, -0.2) is 4.98 Å². The molecule has 0 spiro atoms. The van der Waals surface area contributed by atoms with Crippen LogP contribution >= 0.6 is 11.3 Å². The zero-order chi connectivity index (χ0) is 13.6. The molecule has 0 saturated carbocycles. The molecule has 0 bridgehead atoms. The lowest BCUT2D eigenvalue weighted by Crippen LogP contribution is -1.89. The lowest BCUT2D eigenvalue weighted by molar-refractivity contribution is 1.31. The lowest BCUT2D eigenvalue weighted by Gasteiger charge is -2.08. The largest absolute Gasteiger partial charge is 0.399 e. The number of rotatable bonds is 1. The van der Waals surface area contributed by atoms with Crippen LogP contribution in [0.5, 0.6) is 0 Å². The molecule has 3 heteroatoms. The molecule has 2 aromatic carbocycles. The predicted octanol–water partition coefficient (Wildman–Crippen LogP) is 4.47. The SMILES string of the molecule is Cc1cc(C)c(-c2nc3ccc(N)cc3s2)c(C)c1. The smallest absolute Gasteiger partial charge is 0.125 e. The minimum Gasteiger partial charge on any atom is -0.399 e. The molecule has 2 N–H and O–H groups in total. The summed E-state index contributed by atoms with van der Waals surface area (Å²) < 4.78 is 1.15. The summed E-state index contributed by atoms with van der Waals surface area (Å²) in [6.45, 7) is 6.42. The highest BCUT2D eigenvalue weighted by atomic mass is 32.1. The van der Waals surface area contributed by atoms with Gasteiger partial charge in [0, 0.05) is 11.3 Å². The standard InChI is InChI=1S/C16H16N2S/c1-9-6-10(2)15(11(3)7-9)16-18-13-5-4-12(17)8-14(13)19-16/h4-8H,17H2,1-3H3. The van der Waals surface area contributed by atoms with Crippen molar-refractivity contribution in [3.63, 3.8) is 0 Å². The third kappa shape index (κ3) is 2.10. The van der Waals surface area contributed by atoms with Gasteiger partial charge in [0.2, 0.25) is 0 Å². The van der Waals surface area contributed by atoms with E-state index in [1.807, 2.05) is 18.2 Å². The summed E-state index contributed by atoms with van der Waals surface area (Å²) in [6, 6.07) is 10.3. The molecular formula is C16H16N2S. The maximum absolute atomic E-state index is 5.83. The van der Waals surface area contributed by atoms with E-state index >= 15 is 0 Å². The topological polar surface area (TPSA) is 38.9 Å². The van der Waals surface area contributed by atoms with E-state index in [-0.39, 0.29) is 0 Å². The highest BCUT2D eigenvalue weighted by Gasteiger charge is 2.11. The molecule has 0 aliphatic rings. The molecule has 0 saturated heterocycles. The van der Waals surface area contributed by atoms with Crippen LogP contribution in [0, 0.1) is 20.8 Å². The highest BCUT2D eigenvalue weighted by molar-refractivity contribution is 7.21. The third-order valence-corrected chi connectivity index (χ3v) is 4.34. The second-order valence-corrected chi connectivity index (χ2v) is 6.05. The Hall–Kier alpha value is -1.87. The fourth-order valence-electron chi connectivity index (χ4n) is 2.57. The van der Waals surface area contributed by atoms with Gasteiger partial charge in [0.1, 0.15) is 5.01 Å². The molecule has 0 radical (unpaired) electrons. The van der Waals surface area contributed by atoms with E-state index in [9.17, 15) is 0 Å². The first-order valence-electron chi connectivity index (χ1n) is 6.29. The van der Waals surface area contributed by atoms with Crippen LogP contribution in [-0.2, 0) is 0 Å². The number of fused-ring (bicyclic) bond motifs is 1. The minimum atomic E-state index is 0.792. The van der Waals surface area contributed by atoms with Crippen molar-refractivity contribution in [3.05, 3.63) is 47.0 Å². The number of aryl methyl sites for hydroxylation is 3. The second kappa shape index (κ2) is 4.35. The fraction of sp³-hybridized carbons (Fsp3) is 0.188. The Bertz CT molecular complexity index is 749. The first-order chi connectivity index (χ1) is 9.04. The molecular weight excluding hydrogens is 252 g/mol. The Kier molecular flexibility index (Phi) is 2.79. The molecule has 0 unspecified atom stereocenters.